The lowest BCUT2D eigenvalue weighted by molar-refractivity contribution is 0.183. The summed E-state index contributed by atoms with van der Waals surface area (Å²) in [5.41, 5.74) is 6.83. The zero-order valence-electron chi connectivity index (χ0n) is 17.9. The minimum Gasteiger partial charge on any atom is -0.493 e. The van der Waals surface area contributed by atoms with Gasteiger partial charge in [0.15, 0.2) is 11.5 Å². The Morgan fingerprint density at radius 2 is 1.78 bits per heavy atom. The van der Waals surface area contributed by atoms with Crippen molar-refractivity contribution in [1.29, 1.82) is 0 Å². The maximum Gasteiger partial charge on any atom is 0.161 e. The Hall–Kier alpha value is -1.26. The molecule has 0 bridgehead atoms. The van der Waals surface area contributed by atoms with Crippen molar-refractivity contribution in [2.24, 2.45) is 11.7 Å². The van der Waals surface area contributed by atoms with Gasteiger partial charge in [-0.05, 0) is 49.3 Å². The van der Waals surface area contributed by atoms with Gasteiger partial charge in [0.2, 0.25) is 0 Å². The number of aliphatic hydroxyl groups excluding tert-OH is 1. The number of unbranched alkanes of at least 4 members (excludes halogenated alkanes) is 4. The highest BCUT2D eigenvalue weighted by molar-refractivity contribution is 5.43. The maximum atomic E-state index is 9.45. The summed E-state index contributed by atoms with van der Waals surface area (Å²) >= 11 is 0. The quantitative estimate of drug-likeness (QED) is 0.416. The minimum absolute atomic E-state index is 0.0132. The topological polar surface area (TPSA) is 64.7 Å². The highest BCUT2D eigenvalue weighted by atomic mass is 16.5. The molecule has 1 unspecified atom stereocenters. The number of aliphatic hydroxyl groups is 1. The summed E-state index contributed by atoms with van der Waals surface area (Å²) in [6, 6.07) is 6.08. The maximum absolute atomic E-state index is 9.45. The molecule has 1 atom stereocenters. The third-order valence-electron chi connectivity index (χ3n) is 5.34. The van der Waals surface area contributed by atoms with E-state index in [1.165, 1.54) is 32.1 Å². The van der Waals surface area contributed by atoms with E-state index in [4.69, 9.17) is 15.2 Å². The van der Waals surface area contributed by atoms with E-state index < -0.39 is 5.54 Å². The van der Waals surface area contributed by atoms with Gasteiger partial charge >= 0.3 is 0 Å². The largest absolute Gasteiger partial charge is 0.493 e. The van der Waals surface area contributed by atoms with E-state index in [9.17, 15) is 5.11 Å². The molecule has 156 valence electrons. The number of hydrogen-bond acceptors (Lipinski definition) is 4. The molecule has 0 aliphatic rings. The van der Waals surface area contributed by atoms with Gasteiger partial charge in [-0.25, -0.2) is 0 Å². The average molecular weight is 380 g/mol. The molecule has 0 aromatic heterocycles. The number of rotatable bonds is 15. The monoisotopic (exact) mass is 379 g/mol. The van der Waals surface area contributed by atoms with E-state index in [0.29, 0.717) is 0 Å². The Labute approximate surface area is 166 Å². The van der Waals surface area contributed by atoms with Crippen LogP contribution in [-0.4, -0.2) is 31.0 Å². The van der Waals surface area contributed by atoms with Crippen LogP contribution in [0.25, 0.3) is 0 Å². The predicted octanol–water partition coefficient (Wildman–Crippen LogP) is 5.10. The SMILES string of the molecule is CCC(N)(CO)CCc1ccc(OCCCCCCCC(C)C)c(OC)c1. The number of hydrogen-bond donors (Lipinski definition) is 2. The Bertz CT molecular complexity index is 512. The van der Waals surface area contributed by atoms with E-state index in [0.717, 1.165) is 55.3 Å². The molecule has 0 aliphatic carbocycles. The van der Waals surface area contributed by atoms with Gasteiger partial charge in [0.05, 0.1) is 20.3 Å². The number of nitrogens with two attached hydrogens (primary N) is 1. The molecule has 1 rings (SSSR count). The first kappa shape index (κ1) is 23.8. The number of aryl methyl sites for hydroxylation is 1. The Balaban J connectivity index is 2.37. The molecular weight excluding hydrogens is 338 g/mol. The molecule has 1 aromatic rings. The van der Waals surface area contributed by atoms with Crippen LogP contribution in [0.5, 0.6) is 11.5 Å². The molecule has 0 spiro atoms. The first-order chi connectivity index (χ1) is 12.9. The van der Waals surface area contributed by atoms with Crippen LogP contribution in [0, 0.1) is 5.92 Å². The van der Waals surface area contributed by atoms with Gasteiger partial charge in [-0.3, -0.25) is 0 Å². The second-order valence-electron chi connectivity index (χ2n) is 8.16. The normalized spacial score (nSPS) is 13.6. The van der Waals surface area contributed by atoms with Gasteiger partial charge in [-0.15, -0.1) is 0 Å². The molecule has 3 N–H and O–H groups in total. The van der Waals surface area contributed by atoms with Crippen molar-refractivity contribution in [3.63, 3.8) is 0 Å². The summed E-state index contributed by atoms with van der Waals surface area (Å²) in [6.07, 6.45) is 9.91. The molecule has 1 aromatic carbocycles. The average Bonchev–Trinajstić information content (AvgIpc) is 2.68. The van der Waals surface area contributed by atoms with Crippen molar-refractivity contribution in [2.45, 2.75) is 84.1 Å². The summed E-state index contributed by atoms with van der Waals surface area (Å²) < 4.78 is 11.4. The van der Waals surface area contributed by atoms with Gasteiger partial charge in [-0.2, -0.15) is 0 Å². The van der Waals surface area contributed by atoms with Gasteiger partial charge < -0.3 is 20.3 Å². The lowest BCUT2D eigenvalue weighted by Gasteiger charge is -2.25. The fourth-order valence-corrected chi connectivity index (χ4v) is 3.11. The fraction of sp³-hybridized carbons (Fsp3) is 0.739. The second-order valence-corrected chi connectivity index (χ2v) is 8.16. The first-order valence-corrected chi connectivity index (χ1v) is 10.6. The van der Waals surface area contributed by atoms with Crippen LogP contribution in [-0.2, 0) is 6.42 Å². The Morgan fingerprint density at radius 1 is 1.07 bits per heavy atom. The van der Waals surface area contributed by atoms with Crippen LogP contribution >= 0.6 is 0 Å². The molecule has 0 saturated heterocycles. The molecule has 0 amide bonds. The van der Waals surface area contributed by atoms with Gasteiger partial charge in [0.1, 0.15) is 0 Å². The standard InChI is InChI=1S/C23H41NO3/c1-5-23(24,18-25)15-14-20-12-13-21(22(17-20)26-4)27-16-10-8-6-7-9-11-19(2)3/h12-13,17,19,25H,5-11,14-16,18,24H2,1-4H3. The van der Waals surface area contributed by atoms with E-state index in [-0.39, 0.29) is 6.61 Å². The molecule has 0 radical (unpaired) electrons. The lowest BCUT2D eigenvalue weighted by Crippen LogP contribution is -2.43. The van der Waals surface area contributed by atoms with E-state index >= 15 is 0 Å². The number of benzene rings is 1. The molecule has 0 saturated carbocycles. The van der Waals surface area contributed by atoms with E-state index in [1.807, 2.05) is 19.1 Å². The molecule has 27 heavy (non-hydrogen) atoms. The summed E-state index contributed by atoms with van der Waals surface area (Å²) in [7, 11) is 1.67. The molecular formula is C23H41NO3. The third-order valence-corrected chi connectivity index (χ3v) is 5.34. The van der Waals surface area contributed by atoms with Crippen LogP contribution in [0.3, 0.4) is 0 Å². The minimum atomic E-state index is -0.502. The Morgan fingerprint density at radius 3 is 2.41 bits per heavy atom. The predicted molar refractivity (Wildman–Crippen MR) is 114 cm³/mol. The van der Waals surface area contributed by atoms with Crippen molar-refractivity contribution >= 4 is 0 Å². The van der Waals surface area contributed by atoms with Crippen LogP contribution < -0.4 is 15.2 Å². The Kier molecular flexibility index (Phi) is 11.5. The molecule has 0 fully saturated rings. The van der Waals surface area contributed by atoms with E-state index in [2.05, 4.69) is 19.9 Å². The van der Waals surface area contributed by atoms with Crippen LogP contribution in [0.4, 0.5) is 0 Å². The van der Waals surface area contributed by atoms with Gasteiger partial charge in [-0.1, -0.05) is 58.9 Å². The lowest BCUT2D eigenvalue weighted by atomic mass is 9.90. The summed E-state index contributed by atoms with van der Waals surface area (Å²) in [5, 5.41) is 9.45. The van der Waals surface area contributed by atoms with E-state index in [1.54, 1.807) is 7.11 Å². The highest BCUT2D eigenvalue weighted by Crippen LogP contribution is 2.29. The third kappa shape index (κ3) is 9.48. The van der Waals surface area contributed by atoms with Crippen molar-refractivity contribution < 1.29 is 14.6 Å². The molecule has 4 nitrogen and oxygen atoms in total. The van der Waals surface area contributed by atoms with Crippen molar-refractivity contribution in [3.8, 4) is 11.5 Å². The molecule has 0 heterocycles. The molecule has 4 heteroatoms. The fourth-order valence-electron chi connectivity index (χ4n) is 3.11. The zero-order chi connectivity index (χ0) is 20.1. The first-order valence-electron chi connectivity index (χ1n) is 10.6. The highest BCUT2D eigenvalue weighted by Gasteiger charge is 2.21. The van der Waals surface area contributed by atoms with Crippen molar-refractivity contribution in [3.05, 3.63) is 23.8 Å². The summed E-state index contributed by atoms with van der Waals surface area (Å²) in [6.45, 7) is 7.33. The van der Waals surface area contributed by atoms with Crippen molar-refractivity contribution in [1.82, 2.24) is 0 Å². The van der Waals surface area contributed by atoms with Gasteiger partial charge in [0.25, 0.3) is 0 Å². The summed E-state index contributed by atoms with van der Waals surface area (Å²) in [5.74, 6) is 2.39. The van der Waals surface area contributed by atoms with Crippen LogP contribution in [0.1, 0.15) is 77.7 Å². The number of methoxy groups -OCH3 is 1. The van der Waals surface area contributed by atoms with Crippen molar-refractivity contribution in [2.75, 3.05) is 20.3 Å². The second kappa shape index (κ2) is 13.0. The van der Waals surface area contributed by atoms with Crippen LogP contribution in [0.2, 0.25) is 0 Å². The van der Waals surface area contributed by atoms with Gasteiger partial charge in [0, 0.05) is 5.54 Å². The summed E-state index contributed by atoms with van der Waals surface area (Å²) in [4.78, 5) is 0. The van der Waals surface area contributed by atoms with Crippen LogP contribution in [0.15, 0.2) is 18.2 Å². The smallest absolute Gasteiger partial charge is 0.161 e. The zero-order valence-corrected chi connectivity index (χ0v) is 17.9. The molecule has 0 aliphatic heterocycles. The number of ether oxygens (including phenoxy) is 2.